The third-order valence-corrected chi connectivity index (χ3v) is 5.82. The molecule has 0 radical (unpaired) electrons. The van der Waals surface area contributed by atoms with Crippen LogP contribution < -0.4 is 15.5 Å². The Morgan fingerprint density at radius 3 is 2.36 bits per heavy atom. The molecule has 0 aliphatic carbocycles. The minimum absolute atomic E-state index is 0.271. The second-order valence-corrected chi connectivity index (χ2v) is 8.88. The second-order valence-electron chi connectivity index (χ2n) is 8.01. The maximum absolute atomic E-state index is 13.3. The fourth-order valence-electron chi connectivity index (χ4n) is 3.54. The first-order valence-electron chi connectivity index (χ1n) is 10.5. The van der Waals surface area contributed by atoms with Crippen molar-refractivity contribution in [2.45, 2.75) is 25.9 Å². The molecule has 1 atom stereocenters. The summed E-state index contributed by atoms with van der Waals surface area (Å²) in [5.74, 6) is 0.0256. The molecule has 33 heavy (non-hydrogen) atoms. The van der Waals surface area contributed by atoms with Crippen molar-refractivity contribution in [1.82, 2.24) is 10.4 Å². The number of rotatable bonds is 6. The number of fused-ring (bicyclic) bond motifs is 1. The Morgan fingerprint density at radius 2 is 1.70 bits per heavy atom. The molecule has 3 aromatic rings. The molecule has 2 N–H and O–H groups in total. The lowest BCUT2D eigenvalue weighted by Crippen LogP contribution is -2.53. The molecule has 2 amide bonds. The van der Waals surface area contributed by atoms with E-state index in [1.165, 1.54) is 10.6 Å². The maximum Gasteiger partial charge on any atom is 0.276 e. The number of hydrogen-bond acceptors (Lipinski definition) is 4. The maximum atomic E-state index is 13.3. The smallest absolute Gasteiger partial charge is 0.276 e. The number of anilines is 1. The summed E-state index contributed by atoms with van der Waals surface area (Å²) in [5.41, 5.74) is 5.71. The van der Waals surface area contributed by atoms with E-state index in [1.807, 2.05) is 24.3 Å². The first-order valence-corrected chi connectivity index (χ1v) is 11.2. The van der Waals surface area contributed by atoms with E-state index in [-0.39, 0.29) is 12.5 Å². The third kappa shape index (κ3) is 5.24. The molecule has 1 heterocycles. The summed E-state index contributed by atoms with van der Waals surface area (Å²) in [4.78, 5) is 26.0. The number of ether oxygens (including phenoxy) is 1. The number of benzene rings is 3. The molecule has 4 rings (SSSR count). The highest BCUT2D eigenvalue weighted by molar-refractivity contribution is 6.31. The summed E-state index contributed by atoms with van der Waals surface area (Å²) in [6.45, 7) is 3.96. The van der Waals surface area contributed by atoms with Gasteiger partial charge in [-0.15, -0.1) is 0 Å². The molecule has 3 aromatic carbocycles. The lowest BCUT2D eigenvalue weighted by molar-refractivity contribution is -0.127. The number of carbonyl (C=O) groups is 2. The number of nitrogens with one attached hydrogen (secondary N) is 2. The van der Waals surface area contributed by atoms with Crippen molar-refractivity contribution < 1.29 is 14.3 Å². The van der Waals surface area contributed by atoms with Gasteiger partial charge in [-0.3, -0.25) is 15.0 Å². The van der Waals surface area contributed by atoms with Gasteiger partial charge in [-0.1, -0.05) is 61.3 Å². The first kappa shape index (κ1) is 23.0. The van der Waals surface area contributed by atoms with Gasteiger partial charge in [0.05, 0.1) is 5.56 Å². The summed E-state index contributed by atoms with van der Waals surface area (Å²) in [7, 11) is 0. The van der Waals surface area contributed by atoms with Crippen molar-refractivity contribution in [3.05, 3.63) is 93.5 Å². The second kappa shape index (κ2) is 9.73. The molecular weight excluding hydrogens is 461 g/mol. The average Bonchev–Trinajstić information content (AvgIpc) is 2.81. The number of halogens is 2. The SMILES string of the molecule is CC(C)c1ccc(C2Nc3ccc(Cl)cc3C(=O)N2NC(=O)COc2ccc(Cl)cc2)cc1. The van der Waals surface area contributed by atoms with E-state index >= 15 is 0 Å². The topological polar surface area (TPSA) is 70.7 Å². The summed E-state index contributed by atoms with van der Waals surface area (Å²) in [6, 6.07) is 19.7. The summed E-state index contributed by atoms with van der Waals surface area (Å²) in [5, 5.41) is 5.61. The van der Waals surface area contributed by atoms with Crippen molar-refractivity contribution in [2.75, 3.05) is 11.9 Å². The first-order chi connectivity index (χ1) is 15.8. The molecule has 8 heteroatoms. The van der Waals surface area contributed by atoms with Crippen molar-refractivity contribution >= 4 is 40.7 Å². The van der Waals surface area contributed by atoms with Crippen molar-refractivity contribution in [3.8, 4) is 5.75 Å². The van der Waals surface area contributed by atoms with Crippen LogP contribution in [0.25, 0.3) is 0 Å². The van der Waals surface area contributed by atoms with E-state index in [0.29, 0.717) is 33.0 Å². The predicted molar refractivity (Wildman–Crippen MR) is 130 cm³/mol. The van der Waals surface area contributed by atoms with Crippen LogP contribution in [0.3, 0.4) is 0 Å². The van der Waals surface area contributed by atoms with Crippen LogP contribution in [0.15, 0.2) is 66.7 Å². The Morgan fingerprint density at radius 1 is 1.03 bits per heavy atom. The molecule has 170 valence electrons. The highest BCUT2D eigenvalue weighted by Gasteiger charge is 2.34. The fourth-order valence-corrected chi connectivity index (χ4v) is 3.83. The van der Waals surface area contributed by atoms with Crippen LogP contribution in [0.5, 0.6) is 5.75 Å². The van der Waals surface area contributed by atoms with E-state index in [1.54, 1.807) is 42.5 Å². The van der Waals surface area contributed by atoms with Gasteiger partial charge in [0.1, 0.15) is 11.9 Å². The van der Waals surface area contributed by atoms with E-state index in [0.717, 1.165) is 5.56 Å². The molecule has 0 saturated heterocycles. The lowest BCUT2D eigenvalue weighted by Gasteiger charge is -2.37. The van der Waals surface area contributed by atoms with Crippen molar-refractivity contribution in [3.63, 3.8) is 0 Å². The standard InChI is InChI=1S/C25H23Cl2N3O3/c1-15(2)16-3-5-17(6-4-16)24-28-22-12-9-19(27)13-21(22)25(32)30(24)29-23(31)14-33-20-10-7-18(26)8-11-20/h3-13,15,24,28H,14H2,1-2H3,(H,29,31). The number of nitrogens with zero attached hydrogens (tertiary/aromatic N) is 1. The van der Waals surface area contributed by atoms with Crippen LogP contribution in [0.2, 0.25) is 10.0 Å². The Labute approximate surface area is 202 Å². The highest BCUT2D eigenvalue weighted by Crippen LogP contribution is 2.34. The summed E-state index contributed by atoms with van der Waals surface area (Å²) < 4.78 is 5.52. The quantitative estimate of drug-likeness (QED) is 0.465. The Kier molecular flexibility index (Phi) is 6.77. The molecule has 1 aliphatic rings. The zero-order valence-electron chi connectivity index (χ0n) is 18.1. The van der Waals surface area contributed by atoms with Crippen LogP contribution in [-0.2, 0) is 4.79 Å². The molecular formula is C25H23Cl2N3O3. The Hall–Kier alpha value is -3.22. The monoisotopic (exact) mass is 483 g/mol. The Balaban J connectivity index is 1.57. The summed E-state index contributed by atoms with van der Waals surface area (Å²) >= 11 is 12.0. The van der Waals surface area contributed by atoms with Gasteiger partial charge in [0.2, 0.25) is 0 Å². The molecule has 6 nitrogen and oxygen atoms in total. The molecule has 1 aliphatic heterocycles. The van der Waals surface area contributed by atoms with Crippen LogP contribution in [-0.4, -0.2) is 23.4 Å². The fraction of sp³-hybridized carbons (Fsp3) is 0.200. The average molecular weight is 484 g/mol. The van der Waals surface area contributed by atoms with Crippen LogP contribution in [0, 0.1) is 0 Å². The number of carbonyl (C=O) groups excluding carboxylic acids is 2. The molecule has 0 spiro atoms. The molecule has 0 bridgehead atoms. The van der Waals surface area contributed by atoms with Gasteiger partial charge in [-0.25, -0.2) is 5.01 Å². The van der Waals surface area contributed by atoms with Gasteiger partial charge in [0.15, 0.2) is 6.61 Å². The third-order valence-electron chi connectivity index (χ3n) is 5.33. The molecule has 1 unspecified atom stereocenters. The zero-order valence-corrected chi connectivity index (χ0v) is 19.7. The minimum Gasteiger partial charge on any atom is -0.484 e. The molecule has 0 saturated carbocycles. The van der Waals surface area contributed by atoms with Gasteiger partial charge in [0, 0.05) is 15.7 Å². The zero-order chi connectivity index (χ0) is 23.5. The van der Waals surface area contributed by atoms with Gasteiger partial charge in [0.25, 0.3) is 11.8 Å². The van der Waals surface area contributed by atoms with E-state index in [4.69, 9.17) is 27.9 Å². The normalized spacial score (nSPS) is 15.1. The number of amides is 2. The van der Waals surface area contributed by atoms with Crippen LogP contribution in [0.1, 0.15) is 47.4 Å². The minimum atomic E-state index is -0.605. The lowest BCUT2D eigenvalue weighted by atomic mass is 9.99. The highest BCUT2D eigenvalue weighted by atomic mass is 35.5. The van der Waals surface area contributed by atoms with Crippen LogP contribution in [0.4, 0.5) is 5.69 Å². The number of hydrazine groups is 1. The van der Waals surface area contributed by atoms with Gasteiger partial charge in [-0.05, 0) is 59.5 Å². The van der Waals surface area contributed by atoms with Gasteiger partial charge >= 0.3 is 0 Å². The van der Waals surface area contributed by atoms with E-state index in [2.05, 4.69) is 24.6 Å². The summed E-state index contributed by atoms with van der Waals surface area (Å²) in [6.07, 6.45) is -0.605. The van der Waals surface area contributed by atoms with Gasteiger partial charge < -0.3 is 10.1 Å². The predicted octanol–water partition coefficient (Wildman–Crippen LogP) is 5.79. The van der Waals surface area contributed by atoms with Gasteiger partial charge in [-0.2, -0.15) is 0 Å². The molecule has 0 fully saturated rings. The largest absolute Gasteiger partial charge is 0.484 e. The van der Waals surface area contributed by atoms with E-state index in [9.17, 15) is 9.59 Å². The van der Waals surface area contributed by atoms with Crippen molar-refractivity contribution in [1.29, 1.82) is 0 Å². The van der Waals surface area contributed by atoms with E-state index < -0.39 is 12.1 Å². The molecule has 0 aromatic heterocycles. The Bertz CT molecular complexity index is 1160. The van der Waals surface area contributed by atoms with Crippen LogP contribution >= 0.6 is 23.2 Å². The van der Waals surface area contributed by atoms with Crippen molar-refractivity contribution in [2.24, 2.45) is 0 Å². The number of hydrogen-bond donors (Lipinski definition) is 2.